The monoisotopic (exact) mass is 588 g/mol. The molecular formula is C39H40O5. The van der Waals surface area contributed by atoms with Crippen molar-refractivity contribution in [3.8, 4) is 17.2 Å². The van der Waals surface area contributed by atoms with Crippen LogP contribution in [0.3, 0.4) is 0 Å². The lowest BCUT2D eigenvalue weighted by molar-refractivity contribution is -0.138. The average molecular weight is 589 g/mol. The Morgan fingerprint density at radius 3 is 1.95 bits per heavy atom. The van der Waals surface area contributed by atoms with Gasteiger partial charge in [-0.05, 0) is 83.5 Å². The van der Waals surface area contributed by atoms with E-state index in [1.165, 1.54) is 5.56 Å². The molecule has 0 heterocycles. The zero-order valence-electron chi connectivity index (χ0n) is 25.3. The van der Waals surface area contributed by atoms with Gasteiger partial charge in [0.25, 0.3) is 0 Å². The van der Waals surface area contributed by atoms with Gasteiger partial charge in [0.05, 0.1) is 12.5 Å². The van der Waals surface area contributed by atoms with Gasteiger partial charge in [-0.1, -0.05) is 104 Å². The number of aliphatic carboxylic acids is 1. The second-order valence-corrected chi connectivity index (χ2v) is 11.2. The first kappa shape index (κ1) is 30.7. The van der Waals surface area contributed by atoms with Gasteiger partial charge in [0.15, 0.2) is 11.5 Å². The topological polar surface area (TPSA) is 65.0 Å². The van der Waals surface area contributed by atoms with E-state index in [0.29, 0.717) is 19.8 Å². The fraction of sp³-hybridized carbons (Fsp3) is 0.256. The van der Waals surface area contributed by atoms with Gasteiger partial charge in [0.1, 0.15) is 19.0 Å². The van der Waals surface area contributed by atoms with Crippen molar-refractivity contribution in [2.45, 2.75) is 58.2 Å². The number of carboxylic acid groups (broad SMARTS) is 1. The Morgan fingerprint density at radius 1 is 0.614 bits per heavy atom. The minimum absolute atomic E-state index is 0.494. The fourth-order valence-corrected chi connectivity index (χ4v) is 5.13. The van der Waals surface area contributed by atoms with Crippen molar-refractivity contribution >= 4 is 16.7 Å². The highest BCUT2D eigenvalue weighted by molar-refractivity contribution is 5.86. The first-order valence-corrected chi connectivity index (χ1v) is 15.4. The molecule has 1 atom stereocenters. The third kappa shape index (κ3) is 8.87. The Balaban J connectivity index is 1.08. The number of rotatable bonds is 16. The van der Waals surface area contributed by atoms with Gasteiger partial charge in [0.2, 0.25) is 0 Å². The number of benzene rings is 5. The Morgan fingerprint density at radius 2 is 1.25 bits per heavy atom. The van der Waals surface area contributed by atoms with Gasteiger partial charge < -0.3 is 19.3 Å². The summed E-state index contributed by atoms with van der Waals surface area (Å²) in [6.07, 6.45) is 5.28. The molecule has 0 fully saturated rings. The van der Waals surface area contributed by atoms with Crippen molar-refractivity contribution in [2.24, 2.45) is 0 Å². The fourth-order valence-electron chi connectivity index (χ4n) is 5.13. The second kappa shape index (κ2) is 15.6. The molecule has 0 radical (unpaired) electrons. The van der Waals surface area contributed by atoms with Gasteiger partial charge in [0, 0.05) is 0 Å². The summed E-state index contributed by atoms with van der Waals surface area (Å²) in [7, 11) is 0. The number of ether oxygens (including phenoxy) is 3. The van der Waals surface area contributed by atoms with E-state index in [1.54, 1.807) is 6.92 Å². The summed E-state index contributed by atoms with van der Waals surface area (Å²) in [6, 6.07) is 38.4. The highest BCUT2D eigenvalue weighted by Gasteiger charge is 2.14. The molecule has 226 valence electrons. The molecule has 0 aromatic heterocycles. The summed E-state index contributed by atoms with van der Waals surface area (Å²) in [6.45, 7) is 3.37. The Labute approximate surface area is 260 Å². The third-order valence-corrected chi connectivity index (χ3v) is 7.82. The van der Waals surface area contributed by atoms with Crippen LogP contribution in [0, 0.1) is 0 Å². The molecule has 0 aliphatic carbocycles. The van der Waals surface area contributed by atoms with E-state index in [2.05, 4.69) is 36.4 Å². The molecule has 5 aromatic carbocycles. The Bertz CT molecular complexity index is 1630. The van der Waals surface area contributed by atoms with Crippen LogP contribution in [0.15, 0.2) is 115 Å². The highest BCUT2D eigenvalue weighted by Crippen LogP contribution is 2.31. The highest BCUT2D eigenvalue weighted by atomic mass is 16.5. The molecule has 0 unspecified atom stereocenters. The van der Waals surface area contributed by atoms with Crippen LogP contribution in [0.1, 0.15) is 60.8 Å². The van der Waals surface area contributed by atoms with Crippen molar-refractivity contribution in [3.05, 3.63) is 138 Å². The van der Waals surface area contributed by atoms with Crippen LogP contribution in [-0.4, -0.2) is 17.7 Å². The standard InChI is InChI=1S/C39H40O5/c1-29(39(40)41)33-18-19-35-26-36(21-20-34(35)25-33)42-23-11-3-2-6-12-30-17-22-37(43-27-31-13-7-4-8-14-31)38(24-30)44-28-32-15-9-5-10-16-32/h4-5,7-10,13-22,24-26,29H,2-3,6,11-12,23,27-28H2,1H3,(H,40,41)/t29-/m0/s1. The summed E-state index contributed by atoms with van der Waals surface area (Å²) >= 11 is 0. The molecule has 0 saturated heterocycles. The molecule has 5 rings (SSSR count). The lowest BCUT2D eigenvalue weighted by Crippen LogP contribution is -2.07. The van der Waals surface area contributed by atoms with Crippen molar-refractivity contribution in [3.63, 3.8) is 0 Å². The summed E-state index contributed by atoms with van der Waals surface area (Å²) in [5, 5.41) is 11.4. The minimum atomic E-state index is -0.816. The van der Waals surface area contributed by atoms with Crippen LogP contribution in [0.5, 0.6) is 17.2 Å². The molecule has 0 aliphatic heterocycles. The quantitative estimate of drug-likeness (QED) is 0.116. The average Bonchev–Trinajstić information content (AvgIpc) is 3.06. The maximum absolute atomic E-state index is 11.3. The molecule has 5 nitrogen and oxygen atoms in total. The predicted octanol–water partition coefficient (Wildman–Crippen LogP) is 9.37. The van der Waals surface area contributed by atoms with Gasteiger partial charge in [-0.2, -0.15) is 0 Å². The van der Waals surface area contributed by atoms with Crippen molar-refractivity contribution in [1.82, 2.24) is 0 Å². The smallest absolute Gasteiger partial charge is 0.310 e. The number of hydrogen-bond donors (Lipinski definition) is 1. The van der Waals surface area contributed by atoms with Crippen LogP contribution < -0.4 is 14.2 Å². The van der Waals surface area contributed by atoms with Crippen LogP contribution in [0.2, 0.25) is 0 Å². The Kier molecular flexibility index (Phi) is 10.9. The van der Waals surface area contributed by atoms with Gasteiger partial charge in [-0.3, -0.25) is 4.79 Å². The van der Waals surface area contributed by atoms with Crippen molar-refractivity contribution < 1.29 is 24.1 Å². The van der Waals surface area contributed by atoms with Gasteiger partial charge >= 0.3 is 5.97 Å². The number of fused-ring (bicyclic) bond motifs is 1. The molecular weight excluding hydrogens is 548 g/mol. The molecule has 1 N–H and O–H groups in total. The predicted molar refractivity (Wildman–Crippen MR) is 176 cm³/mol. The molecule has 0 bridgehead atoms. The van der Waals surface area contributed by atoms with Crippen LogP contribution in [0.4, 0.5) is 0 Å². The largest absolute Gasteiger partial charge is 0.494 e. The number of hydrogen-bond acceptors (Lipinski definition) is 4. The maximum atomic E-state index is 11.3. The lowest BCUT2D eigenvalue weighted by Gasteiger charge is -2.15. The lowest BCUT2D eigenvalue weighted by atomic mass is 9.98. The second-order valence-electron chi connectivity index (χ2n) is 11.2. The van der Waals surface area contributed by atoms with E-state index in [9.17, 15) is 9.90 Å². The summed E-state index contributed by atoms with van der Waals surface area (Å²) < 4.78 is 18.4. The molecule has 44 heavy (non-hydrogen) atoms. The SMILES string of the molecule is C[C@H](C(=O)O)c1ccc2cc(OCCCCCCc3ccc(OCc4ccccc4)c(OCc4ccccc4)c3)ccc2c1. The zero-order valence-corrected chi connectivity index (χ0v) is 25.3. The normalized spacial score (nSPS) is 11.7. The van der Waals surface area contributed by atoms with E-state index < -0.39 is 11.9 Å². The summed E-state index contributed by atoms with van der Waals surface area (Å²) in [5.41, 5.74) is 4.30. The van der Waals surface area contributed by atoms with Crippen LogP contribution in [0.25, 0.3) is 10.8 Å². The Hall–Kier alpha value is -4.77. The van der Waals surface area contributed by atoms with E-state index in [1.807, 2.05) is 78.9 Å². The molecule has 0 amide bonds. The van der Waals surface area contributed by atoms with E-state index in [4.69, 9.17) is 14.2 Å². The van der Waals surface area contributed by atoms with Crippen molar-refractivity contribution in [2.75, 3.05) is 6.61 Å². The maximum Gasteiger partial charge on any atom is 0.310 e. The van der Waals surface area contributed by atoms with Crippen molar-refractivity contribution in [1.29, 1.82) is 0 Å². The van der Waals surface area contributed by atoms with E-state index in [-0.39, 0.29) is 0 Å². The molecule has 0 saturated carbocycles. The van der Waals surface area contributed by atoms with E-state index in [0.717, 1.165) is 76.8 Å². The number of carboxylic acids is 1. The number of unbranched alkanes of at least 4 members (excludes halogenated alkanes) is 3. The molecule has 5 heteroatoms. The molecule has 0 aliphatic rings. The number of aryl methyl sites for hydroxylation is 1. The minimum Gasteiger partial charge on any atom is -0.494 e. The van der Waals surface area contributed by atoms with Crippen LogP contribution in [-0.2, 0) is 24.4 Å². The first-order chi connectivity index (χ1) is 21.5. The summed E-state index contributed by atoms with van der Waals surface area (Å²) in [4.78, 5) is 11.3. The molecule has 5 aromatic rings. The third-order valence-electron chi connectivity index (χ3n) is 7.82. The van der Waals surface area contributed by atoms with Crippen LogP contribution >= 0.6 is 0 Å². The van der Waals surface area contributed by atoms with Gasteiger partial charge in [-0.15, -0.1) is 0 Å². The summed E-state index contributed by atoms with van der Waals surface area (Å²) in [5.74, 6) is 1.04. The molecule has 0 spiro atoms. The zero-order chi connectivity index (χ0) is 30.6. The first-order valence-electron chi connectivity index (χ1n) is 15.4. The number of carbonyl (C=O) groups is 1. The van der Waals surface area contributed by atoms with E-state index >= 15 is 0 Å². The van der Waals surface area contributed by atoms with Gasteiger partial charge in [-0.25, -0.2) is 0 Å².